The van der Waals surface area contributed by atoms with Crippen molar-refractivity contribution >= 4 is 43.6 Å². The molecule has 0 aliphatic heterocycles. The topological polar surface area (TPSA) is 243 Å². The molecule has 32 heavy (non-hydrogen) atoms. The standard InChI is InChI=1S/C16H14Br2N6O8/c17-5-9(27)7(25)3(8(26)10(5)28)4-11(19)21-15(20)24-14(4)31-1-2-32-16-22-12(29)6(18)13(30)23-16/h25-28H,1-2H2,(H4,19,20,21,24)(H2,22,23,29,30). The monoisotopic (exact) mass is 576 g/mol. The van der Waals surface area contributed by atoms with Crippen molar-refractivity contribution in [1.82, 2.24) is 19.9 Å². The van der Waals surface area contributed by atoms with Gasteiger partial charge in [0.25, 0.3) is 11.6 Å². The van der Waals surface area contributed by atoms with Gasteiger partial charge in [-0.3, -0.25) is 9.78 Å². The Morgan fingerprint density at radius 3 is 2.00 bits per heavy atom. The summed E-state index contributed by atoms with van der Waals surface area (Å²) in [7, 11) is 0. The molecule has 14 nitrogen and oxygen atoms in total. The average Bonchev–Trinajstić information content (AvgIpc) is 2.73. The zero-order valence-electron chi connectivity index (χ0n) is 15.6. The van der Waals surface area contributed by atoms with E-state index in [9.17, 15) is 30.3 Å². The van der Waals surface area contributed by atoms with E-state index in [-0.39, 0.29) is 51.4 Å². The molecule has 170 valence electrons. The van der Waals surface area contributed by atoms with Crippen molar-refractivity contribution in [3.63, 3.8) is 0 Å². The smallest absolute Gasteiger partial charge is 0.299 e. The van der Waals surface area contributed by atoms with Gasteiger partial charge in [-0.25, -0.2) is 0 Å². The molecule has 0 radical (unpaired) electrons. The number of aromatic amines is 1. The van der Waals surface area contributed by atoms with Crippen molar-refractivity contribution in [3.8, 4) is 51.9 Å². The Kier molecular flexibility index (Phi) is 6.35. The molecule has 3 rings (SSSR count). The van der Waals surface area contributed by atoms with Gasteiger partial charge in [0.05, 0.1) is 11.1 Å². The Hall–Kier alpha value is -3.66. The van der Waals surface area contributed by atoms with Gasteiger partial charge in [-0.2, -0.15) is 15.0 Å². The number of ether oxygens (including phenoxy) is 2. The third-order valence-electron chi connectivity index (χ3n) is 3.89. The lowest BCUT2D eigenvalue weighted by atomic mass is 10.0. The minimum atomic E-state index is -0.847. The van der Waals surface area contributed by atoms with Crippen molar-refractivity contribution in [2.45, 2.75) is 0 Å². The summed E-state index contributed by atoms with van der Waals surface area (Å²) in [5, 5.41) is 50.1. The molecule has 1 aromatic carbocycles. The predicted octanol–water partition coefficient (Wildman–Crippen LogP) is 0.902. The summed E-state index contributed by atoms with van der Waals surface area (Å²) in [4.78, 5) is 25.0. The number of halogens is 2. The fraction of sp³-hybridized carbons (Fsp3) is 0.125. The van der Waals surface area contributed by atoms with Crippen LogP contribution in [-0.4, -0.2) is 58.7 Å². The van der Waals surface area contributed by atoms with Crippen LogP contribution >= 0.6 is 31.9 Å². The molecule has 0 saturated carbocycles. The number of aromatic hydroxyl groups is 5. The lowest BCUT2D eigenvalue weighted by molar-refractivity contribution is 0.200. The van der Waals surface area contributed by atoms with E-state index >= 15 is 0 Å². The van der Waals surface area contributed by atoms with Crippen molar-refractivity contribution in [2.24, 2.45) is 0 Å². The number of hydrogen-bond donors (Lipinski definition) is 8. The summed E-state index contributed by atoms with van der Waals surface area (Å²) in [6.07, 6.45) is 0. The molecule has 16 heteroatoms. The summed E-state index contributed by atoms with van der Waals surface area (Å²) in [5.74, 6) is -4.83. The molecule has 3 aromatic rings. The molecule has 0 aliphatic rings. The van der Waals surface area contributed by atoms with Crippen LogP contribution in [0.1, 0.15) is 0 Å². The van der Waals surface area contributed by atoms with Crippen LogP contribution in [0.3, 0.4) is 0 Å². The number of H-pyrrole nitrogens is 1. The van der Waals surface area contributed by atoms with Crippen molar-refractivity contribution in [3.05, 3.63) is 19.3 Å². The highest BCUT2D eigenvalue weighted by Gasteiger charge is 2.28. The number of benzene rings is 1. The molecule has 0 atom stereocenters. The van der Waals surface area contributed by atoms with Gasteiger partial charge in [-0.15, -0.1) is 0 Å². The van der Waals surface area contributed by atoms with E-state index in [4.69, 9.17) is 20.9 Å². The molecule has 0 bridgehead atoms. The van der Waals surface area contributed by atoms with Crippen LogP contribution in [0, 0.1) is 0 Å². The second-order valence-corrected chi connectivity index (χ2v) is 7.52. The minimum Gasteiger partial charge on any atom is -0.504 e. The summed E-state index contributed by atoms with van der Waals surface area (Å²) in [6.45, 7) is -0.471. The molecule has 0 saturated heterocycles. The largest absolute Gasteiger partial charge is 0.504 e. The number of nitrogens with two attached hydrogens (primary N) is 2. The van der Waals surface area contributed by atoms with Gasteiger partial charge < -0.3 is 46.5 Å². The molecule has 2 heterocycles. The third-order valence-corrected chi connectivity index (χ3v) is 5.36. The number of phenolic OH excluding ortho intramolecular Hbond substituents is 4. The zero-order chi connectivity index (χ0) is 23.7. The molecule has 2 aromatic heterocycles. The predicted molar refractivity (Wildman–Crippen MR) is 116 cm³/mol. The normalized spacial score (nSPS) is 10.8. The van der Waals surface area contributed by atoms with E-state index in [1.807, 2.05) is 0 Å². The second-order valence-electron chi connectivity index (χ2n) is 5.94. The average molecular weight is 578 g/mol. The summed E-state index contributed by atoms with van der Waals surface area (Å²) >= 11 is 5.66. The molecule has 0 spiro atoms. The Labute approximate surface area is 194 Å². The molecular weight excluding hydrogens is 564 g/mol. The second kappa shape index (κ2) is 8.83. The quantitative estimate of drug-likeness (QED) is 0.115. The summed E-state index contributed by atoms with van der Waals surface area (Å²) in [6, 6.07) is -0.292. The summed E-state index contributed by atoms with van der Waals surface area (Å²) < 4.78 is 10.1. The first-order valence-corrected chi connectivity index (χ1v) is 9.94. The highest BCUT2D eigenvalue weighted by molar-refractivity contribution is 9.11. The molecule has 0 amide bonds. The van der Waals surface area contributed by atoms with Gasteiger partial charge in [0, 0.05) is 0 Å². The van der Waals surface area contributed by atoms with E-state index in [2.05, 4.69) is 51.8 Å². The Bertz CT molecular complexity index is 1240. The zero-order valence-corrected chi connectivity index (χ0v) is 18.8. The lowest BCUT2D eigenvalue weighted by Gasteiger charge is -2.17. The van der Waals surface area contributed by atoms with E-state index in [1.165, 1.54) is 0 Å². The maximum absolute atomic E-state index is 11.6. The van der Waals surface area contributed by atoms with Crippen LogP contribution < -0.4 is 26.5 Å². The van der Waals surface area contributed by atoms with Crippen molar-refractivity contribution in [2.75, 3.05) is 24.7 Å². The first-order valence-electron chi connectivity index (χ1n) is 8.35. The van der Waals surface area contributed by atoms with Crippen LogP contribution in [0.25, 0.3) is 11.1 Å². The van der Waals surface area contributed by atoms with Crippen molar-refractivity contribution < 1.29 is 35.0 Å². The number of nitrogen functional groups attached to an aromatic ring is 2. The molecular formula is C16H14Br2N6O8. The Morgan fingerprint density at radius 2 is 1.41 bits per heavy atom. The minimum absolute atomic E-state index is 0.168. The first kappa shape index (κ1) is 23.0. The van der Waals surface area contributed by atoms with Gasteiger partial charge in [-0.05, 0) is 31.9 Å². The van der Waals surface area contributed by atoms with Gasteiger partial charge in [-0.1, -0.05) is 0 Å². The van der Waals surface area contributed by atoms with E-state index in [0.29, 0.717) is 0 Å². The van der Waals surface area contributed by atoms with Gasteiger partial charge in [0.15, 0.2) is 23.0 Å². The number of nitrogens with one attached hydrogen (secondary N) is 1. The SMILES string of the molecule is Nc1nc(N)c(-c2c(O)c(O)c(Br)c(O)c2O)c(OCCOc2nc(O)c(Br)c(=O)[nH]2)n1. The van der Waals surface area contributed by atoms with E-state index in [0.717, 1.165) is 0 Å². The first-order chi connectivity index (χ1) is 15.0. The van der Waals surface area contributed by atoms with Crippen LogP contribution in [0.5, 0.6) is 40.8 Å². The van der Waals surface area contributed by atoms with Gasteiger partial charge in [0.1, 0.15) is 28.0 Å². The fourth-order valence-corrected chi connectivity index (χ4v) is 3.05. The Morgan fingerprint density at radius 1 is 0.812 bits per heavy atom. The van der Waals surface area contributed by atoms with E-state index < -0.39 is 40.0 Å². The number of hydrogen-bond acceptors (Lipinski definition) is 13. The van der Waals surface area contributed by atoms with Gasteiger partial charge in [0.2, 0.25) is 17.7 Å². The number of anilines is 2. The highest BCUT2D eigenvalue weighted by atomic mass is 79.9. The Balaban J connectivity index is 1.91. The number of phenols is 4. The molecule has 0 fully saturated rings. The maximum Gasteiger partial charge on any atom is 0.299 e. The van der Waals surface area contributed by atoms with Crippen LogP contribution in [0.15, 0.2) is 13.7 Å². The van der Waals surface area contributed by atoms with Crippen LogP contribution in [0.2, 0.25) is 0 Å². The van der Waals surface area contributed by atoms with E-state index in [1.54, 1.807) is 0 Å². The number of rotatable bonds is 6. The van der Waals surface area contributed by atoms with Crippen molar-refractivity contribution in [1.29, 1.82) is 0 Å². The number of nitrogens with zero attached hydrogens (tertiary/aromatic N) is 3. The molecule has 0 aliphatic carbocycles. The fourth-order valence-electron chi connectivity index (χ4n) is 2.49. The highest BCUT2D eigenvalue weighted by Crippen LogP contribution is 2.55. The summed E-state index contributed by atoms with van der Waals surface area (Å²) in [5.41, 5.74) is 9.97. The third kappa shape index (κ3) is 4.22. The van der Waals surface area contributed by atoms with Crippen LogP contribution in [0.4, 0.5) is 11.8 Å². The van der Waals surface area contributed by atoms with Crippen LogP contribution in [-0.2, 0) is 0 Å². The molecule has 10 N–H and O–H groups in total. The number of aromatic nitrogens is 4. The maximum atomic E-state index is 11.6. The lowest BCUT2D eigenvalue weighted by Crippen LogP contribution is -2.16. The molecule has 0 unspecified atom stereocenters. The van der Waals surface area contributed by atoms with Gasteiger partial charge >= 0.3 is 0 Å².